The summed E-state index contributed by atoms with van der Waals surface area (Å²) in [6, 6.07) is 1.23. The highest BCUT2D eigenvalue weighted by atomic mass is 79.9. The number of hydrogen-bond donors (Lipinski definition) is 0. The van der Waals surface area contributed by atoms with Gasteiger partial charge in [-0.2, -0.15) is 0 Å². The lowest BCUT2D eigenvalue weighted by Gasteiger charge is -2.07. The second-order valence-electron chi connectivity index (χ2n) is 2.02. The van der Waals surface area contributed by atoms with Crippen molar-refractivity contribution >= 4 is 15.9 Å². The molecule has 0 fully saturated rings. The molecule has 0 aromatic carbocycles. The molecule has 0 N–H and O–H groups in total. The number of aromatic nitrogens is 1. The summed E-state index contributed by atoms with van der Waals surface area (Å²) in [7, 11) is 1.33. The summed E-state index contributed by atoms with van der Waals surface area (Å²) in [4.78, 5) is 3.75. The number of ether oxygens (including phenoxy) is 1. The third-order valence-electron chi connectivity index (χ3n) is 1.33. The van der Waals surface area contributed by atoms with E-state index >= 15 is 0 Å². The number of hydrogen-bond acceptors (Lipinski definition) is 2. The average molecular weight is 238 g/mol. The lowest BCUT2D eigenvalue weighted by atomic mass is 10.2. The molecule has 5 heteroatoms. The third kappa shape index (κ3) is 1.72. The minimum Gasteiger partial charge on any atom is -0.493 e. The van der Waals surface area contributed by atoms with E-state index in [2.05, 4.69) is 20.9 Å². The largest absolute Gasteiger partial charge is 0.493 e. The normalized spacial score (nSPS) is 10.4. The highest BCUT2D eigenvalue weighted by Gasteiger charge is 2.16. The van der Waals surface area contributed by atoms with Crippen LogP contribution in [0.4, 0.5) is 8.78 Å². The summed E-state index contributed by atoms with van der Waals surface area (Å²) in [6.45, 7) is 0. The molecule has 0 unspecified atom stereocenters. The maximum absolute atomic E-state index is 12.3. The van der Waals surface area contributed by atoms with E-state index in [0.717, 1.165) is 0 Å². The molecule has 0 amide bonds. The van der Waals surface area contributed by atoms with Gasteiger partial charge in [0.05, 0.1) is 12.7 Å². The van der Waals surface area contributed by atoms with Crippen LogP contribution in [0.1, 0.15) is 12.0 Å². The molecule has 0 aliphatic heterocycles. The smallest absolute Gasteiger partial charge is 0.267 e. The highest BCUT2D eigenvalue weighted by molar-refractivity contribution is 9.10. The molecule has 1 aromatic rings. The molecule has 0 saturated heterocycles. The van der Waals surface area contributed by atoms with Crippen LogP contribution in [0.15, 0.2) is 16.9 Å². The summed E-state index contributed by atoms with van der Waals surface area (Å²) < 4.78 is 29.6. The minimum absolute atomic E-state index is 0.0903. The second kappa shape index (κ2) is 3.80. The molecule has 2 nitrogen and oxygen atoms in total. The summed E-state index contributed by atoms with van der Waals surface area (Å²) in [5.74, 6) is 0.0903. The van der Waals surface area contributed by atoms with Crippen LogP contribution in [0.3, 0.4) is 0 Å². The predicted molar refractivity (Wildman–Crippen MR) is 43.4 cm³/mol. The van der Waals surface area contributed by atoms with E-state index in [1.807, 2.05) is 0 Å². The van der Waals surface area contributed by atoms with E-state index in [1.54, 1.807) is 0 Å². The van der Waals surface area contributed by atoms with Gasteiger partial charge in [0.25, 0.3) is 6.43 Å². The minimum atomic E-state index is -2.54. The standard InChI is InChI=1S/C7H6BrF2NO/c1-12-5-4(7(9)10)2-3-11-6(5)8/h2-3,7H,1H3. The van der Waals surface area contributed by atoms with E-state index in [-0.39, 0.29) is 11.3 Å². The van der Waals surface area contributed by atoms with Crippen LogP contribution in [-0.4, -0.2) is 12.1 Å². The molecule has 12 heavy (non-hydrogen) atoms. The maximum Gasteiger partial charge on any atom is 0.267 e. The Morgan fingerprint density at radius 1 is 1.58 bits per heavy atom. The predicted octanol–water partition coefficient (Wildman–Crippen LogP) is 2.79. The van der Waals surface area contributed by atoms with Gasteiger partial charge in [-0.3, -0.25) is 0 Å². The molecule has 0 radical (unpaired) electrons. The summed E-state index contributed by atoms with van der Waals surface area (Å²) >= 11 is 3.01. The Kier molecular flexibility index (Phi) is 2.97. The molecule has 0 atom stereocenters. The number of methoxy groups -OCH3 is 1. The van der Waals surface area contributed by atoms with Gasteiger partial charge in [-0.25, -0.2) is 13.8 Å². The van der Waals surface area contributed by atoms with E-state index in [9.17, 15) is 8.78 Å². The molecular weight excluding hydrogens is 232 g/mol. The Bertz CT molecular complexity index is 280. The van der Waals surface area contributed by atoms with Gasteiger partial charge in [0.1, 0.15) is 4.60 Å². The molecule has 1 heterocycles. The zero-order chi connectivity index (χ0) is 9.14. The zero-order valence-corrected chi connectivity index (χ0v) is 7.81. The Labute approximate surface area is 76.7 Å². The summed E-state index contributed by atoms with van der Waals surface area (Å²) in [6.07, 6.45) is -1.24. The van der Waals surface area contributed by atoms with Gasteiger partial charge in [0.15, 0.2) is 5.75 Å². The number of pyridine rings is 1. The van der Waals surface area contributed by atoms with E-state index in [4.69, 9.17) is 4.74 Å². The fourth-order valence-corrected chi connectivity index (χ4v) is 1.32. The van der Waals surface area contributed by atoms with Gasteiger partial charge < -0.3 is 4.74 Å². The first-order valence-corrected chi connectivity index (χ1v) is 3.92. The topological polar surface area (TPSA) is 22.1 Å². The Balaban J connectivity index is 3.18. The van der Waals surface area contributed by atoms with Crippen molar-refractivity contribution in [3.05, 3.63) is 22.4 Å². The van der Waals surface area contributed by atoms with Gasteiger partial charge >= 0.3 is 0 Å². The van der Waals surface area contributed by atoms with Gasteiger partial charge in [0, 0.05) is 6.20 Å². The summed E-state index contributed by atoms with van der Waals surface area (Å²) in [5.41, 5.74) is -0.153. The van der Waals surface area contributed by atoms with Crippen molar-refractivity contribution in [2.75, 3.05) is 7.11 Å². The molecule has 0 bridgehead atoms. The van der Waals surface area contributed by atoms with Crippen molar-refractivity contribution in [2.24, 2.45) is 0 Å². The zero-order valence-electron chi connectivity index (χ0n) is 6.22. The van der Waals surface area contributed by atoms with Gasteiger partial charge in [-0.15, -0.1) is 0 Å². The first kappa shape index (κ1) is 9.38. The first-order chi connectivity index (χ1) is 5.66. The van der Waals surface area contributed by atoms with Crippen LogP contribution in [0.5, 0.6) is 5.75 Å². The lowest BCUT2D eigenvalue weighted by molar-refractivity contribution is 0.146. The number of halogens is 3. The van der Waals surface area contributed by atoms with Crippen molar-refractivity contribution in [3.8, 4) is 5.75 Å². The molecule has 0 saturated carbocycles. The number of nitrogens with zero attached hydrogens (tertiary/aromatic N) is 1. The van der Waals surface area contributed by atoms with Crippen LogP contribution in [0.25, 0.3) is 0 Å². The SMILES string of the molecule is COc1c(C(F)F)ccnc1Br. The second-order valence-corrected chi connectivity index (χ2v) is 2.78. The Morgan fingerprint density at radius 2 is 2.25 bits per heavy atom. The third-order valence-corrected chi connectivity index (χ3v) is 1.90. The average Bonchev–Trinajstić information content (AvgIpc) is 2.03. The number of rotatable bonds is 2. The van der Waals surface area contributed by atoms with Crippen LogP contribution in [0, 0.1) is 0 Å². The van der Waals surface area contributed by atoms with Crippen molar-refractivity contribution in [1.29, 1.82) is 0 Å². The fourth-order valence-electron chi connectivity index (χ4n) is 0.810. The Morgan fingerprint density at radius 3 is 2.67 bits per heavy atom. The van der Waals surface area contributed by atoms with E-state index in [0.29, 0.717) is 4.60 Å². The quantitative estimate of drug-likeness (QED) is 0.739. The molecule has 0 spiro atoms. The van der Waals surface area contributed by atoms with Crippen molar-refractivity contribution in [3.63, 3.8) is 0 Å². The maximum atomic E-state index is 12.3. The van der Waals surface area contributed by atoms with Gasteiger partial charge in [-0.1, -0.05) is 0 Å². The molecule has 66 valence electrons. The van der Waals surface area contributed by atoms with Gasteiger partial charge in [-0.05, 0) is 22.0 Å². The number of alkyl halides is 2. The van der Waals surface area contributed by atoms with Crippen LogP contribution >= 0.6 is 15.9 Å². The van der Waals surface area contributed by atoms with Crippen LogP contribution in [0.2, 0.25) is 0 Å². The Hall–Kier alpha value is -0.710. The molecule has 0 aliphatic rings. The van der Waals surface area contributed by atoms with Crippen molar-refractivity contribution < 1.29 is 13.5 Å². The van der Waals surface area contributed by atoms with E-state index in [1.165, 1.54) is 19.4 Å². The van der Waals surface area contributed by atoms with Crippen molar-refractivity contribution in [2.45, 2.75) is 6.43 Å². The lowest BCUT2D eigenvalue weighted by Crippen LogP contribution is -1.94. The van der Waals surface area contributed by atoms with Crippen LogP contribution < -0.4 is 4.74 Å². The molecule has 0 aliphatic carbocycles. The van der Waals surface area contributed by atoms with E-state index < -0.39 is 6.43 Å². The monoisotopic (exact) mass is 237 g/mol. The first-order valence-electron chi connectivity index (χ1n) is 3.13. The van der Waals surface area contributed by atoms with Gasteiger partial charge in [0.2, 0.25) is 0 Å². The molecule has 1 rings (SSSR count). The fraction of sp³-hybridized carbons (Fsp3) is 0.286. The van der Waals surface area contributed by atoms with Crippen LogP contribution in [-0.2, 0) is 0 Å². The summed E-state index contributed by atoms with van der Waals surface area (Å²) in [5, 5.41) is 0. The molecule has 1 aromatic heterocycles. The molecular formula is C7H6BrF2NO. The highest BCUT2D eigenvalue weighted by Crippen LogP contribution is 2.33. The van der Waals surface area contributed by atoms with Crippen molar-refractivity contribution in [1.82, 2.24) is 4.98 Å².